The number of benzene rings is 2. The number of thiazole rings is 1. The number of hydrogen-bond acceptors (Lipinski definition) is 4. The molecule has 1 saturated heterocycles. The first-order chi connectivity index (χ1) is 13.0. The maximum atomic E-state index is 13.4. The van der Waals surface area contributed by atoms with Crippen molar-refractivity contribution in [1.29, 1.82) is 0 Å². The molecule has 1 aromatic heterocycles. The third-order valence-electron chi connectivity index (χ3n) is 4.38. The Morgan fingerprint density at radius 1 is 1.30 bits per heavy atom. The highest BCUT2D eigenvalue weighted by molar-refractivity contribution is 9.10. The van der Waals surface area contributed by atoms with Gasteiger partial charge in [0.2, 0.25) is 0 Å². The van der Waals surface area contributed by atoms with Crippen LogP contribution >= 0.6 is 50.5 Å². The van der Waals surface area contributed by atoms with Gasteiger partial charge in [0, 0.05) is 16.1 Å². The van der Waals surface area contributed by atoms with Gasteiger partial charge in [-0.25, -0.2) is 4.98 Å². The Kier molecular flexibility index (Phi) is 5.71. The molecule has 1 unspecified atom stereocenters. The number of anilines is 1. The van der Waals surface area contributed by atoms with E-state index >= 15 is 0 Å². The van der Waals surface area contributed by atoms with Gasteiger partial charge in [0.15, 0.2) is 5.13 Å². The molecule has 3 aromatic rings. The van der Waals surface area contributed by atoms with Crippen LogP contribution in [0.5, 0.6) is 0 Å². The molecule has 0 spiro atoms. The van der Waals surface area contributed by atoms with Crippen LogP contribution < -0.4 is 4.90 Å². The summed E-state index contributed by atoms with van der Waals surface area (Å²) in [7, 11) is 0. The van der Waals surface area contributed by atoms with E-state index in [4.69, 9.17) is 27.9 Å². The summed E-state index contributed by atoms with van der Waals surface area (Å²) in [4.78, 5) is 19.7. The van der Waals surface area contributed by atoms with Crippen LogP contribution in [0.4, 0.5) is 5.13 Å². The van der Waals surface area contributed by atoms with Crippen molar-refractivity contribution in [2.24, 2.45) is 0 Å². The third-order valence-corrected chi connectivity index (χ3v) is 6.48. The summed E-state index contributed by atoms with van der Waals surface area (Å²) < 4.78 is 7.49. The number of rotatable bonds is 4. The fourth-order valence-corrected chi connectivity index (χ4v) is 4.86. The summed E-state index contributed by atoms with van der Waals surface area (Å²) in [5.41, 5.74) is 1.24. The number of amides is 1. The summed E-state index contributed by atoms with van der Waals surface area (Å²) in [5, 5.41) is 1.67. The predicted octanol–water partition coefficient (Wildman–Crippen LogP) is 6.19. The molecule has 0 radical (unpaired) electrons. The number of carbonyl (C=O) groups excluding carboxylic acids is 1. The molecule has 0 saturated carbocycles. The van der Waals surface area contributed by atoms with Crippen LogP contribution in [-0.4, -0.2) is 30.1 Å². The highest BCUT2D eigenvalue weighted by atomic mass is 79.9. The summed E-state index contributed by atoms with van der Waals surface area (Å²) >= 11 is 17.2. The Balaban J connectivity index is 1.75. The zero-order valence-electron chi connectivity index (χ0n) is 14.1. The van der Waals surface area contributed by atoms with Gasteiger partial charge in [-0.15, -0.1) is 0 Å². The molecular formula is C19H15BrCl2N2O2S. The van der Waals surface area contributed by atoms with Crippen molar-refractivity contribution in [1.82, 2.24) is 4.98 Å². The van der Waals surface area contributed by atoms with Crippen molar-refractivity contribution in [3.8, 4) is 0 Å². The lowest BCUT2D eigenvalue weighted by molar-refractivity contribution is 0.0917. The fraction of sp³-hybridized carbons (Fsp3) is 0.263. The van der Waals surface area contributed by atoms with E-state index in [0.29, 0.717) is 27.3 Å². The lowest BCUT2D eigenvalue weighted by Gasteiger charge is -2.23. The Hall–Kier alpha value is -1.18. The van der Waals surface area contributed by atoms with Crippen molar-refractivity contribution in [3.05, 3.63) is 56.5 Å². The second-order valence-electron chi connectivity index (χ2n) is 6.28. The minimum Gasteiger partial charge on any atom is -0.376 e. The van der Waals surface area contributed by atoms with Gasteiger partial charge in [-0.2, -0.15) is 0 Å². The highest BCUT2D eigenvalue weighted by Crippen LogP contribution is 2.33. The van der Waals surface area contributed by atoms with Gasteiger partial charge in [0.25, 0.3) is 5.91 Å². The van der Waals surface area contributed by atoms with Gasteiger partial charge >= 0.3 is 0 Å². The Labute approximate surface area is 179 Å². The fourth-order valence-electron chi connectivity index (χ4n) is 3.05. The molecule has 1 amide bonds. The van der Waals surface area contributed by atoms with E-state index in [1.807, 2.05) is 18.2 Å². The maximum absolute atomic E-state index is 13.4. The number of ether oxygens (including phenoxy) is 1. The molecule has 0 N–H and O–H groups in total. The average molecular weight is 486 g/mol. The number of halogens is 3. The van der Waals surface area contributed by atoms with Crippen LogP contribution in [0.2, 0.25) is 10.0 Å². The van der Waals surface area contributed by atoms with Gasteiger partial charge < -0.3 is 4.74 Å². The Morgan fingerprint density at radius 3 is 2.93 bits per heavy atom. The molecule has 4 nitrogen and oxygen atoms in total. The average Bonchev–Trinajstić information content (AvgIpc) is 3.30. The molecule has 2 heterocycles. The summed E-state index contributed by atoms with van der Waals surface area (Å²) in [6.45, 7) is 1.16. The van der Waals surface area contributed by atoms with Gasteiger partial charge in [0.05, 0.1) is 33.5 Å². The number of nitrogens with zero attached hydrogens (tertiary/aromatic N) is 2. The summed E-state index contributed by atoms with van der Waals surface area (Å²) in [6.07, 6.45) is 1.92. The molecule has 8 heteroatoms. The van der Waals surface area contributed by atoms with E-state index in [1.54, 1.807) is 23.1 Å². The largest absolute Gasteiger partial charge is 0.376 e. The number of carbonyl (C=O) groups is 1. The summed E-state index contributed by atoms with van der Waals surface area (Å²) in [5.74, 6) is -0.193. The third kappa shape index (κ3) is 4.15. The topological polar surface area (TPSA) is 42.4 Å². The molecule has 4 rings (SSSR count). The van der Waals surface area contributed by atoms with Crippen LogP contribution in [0.25, 0.3) is 10.2 Å². The Bertz CT molecular complexity index is 1000. The predicted molar refractivity (Wildman–Crippen MR) is 114 cm³/mol. The van der Waals surface area contributed by atoms with Gasteiger partial charge in [-0.05, 0) is 49.2 Å². The van der Waals surface area contributed by atoms with Gasteiger partial charge in [-0.1, -0.05) is 50.5 Å². The van der Waals surface area contributed by atoms with Crippen LogP contribution in [0, 0.1) is 0 Å². The van der Waals surface area contributed by atoms with E-state index < -0.39 is 0 Å². The van der Waals surface area contributed by atoms with E-state index in [2.05, 4.69) is 20.9 Å². The SMILES string of the molecule is O=C(c1cc(Br)ccc1Cl)N(CC1CCCO1)c1nc2ccc(Cl)cc2s1. The highest BCUT2D eigenvalue weighted by Gasteiger charge is 2.28. The monoisotopic (exact) mass is 484 g/mol. The second kappa shape index (κ2) is 8.05. The molecule has 140 valence electrons. The lowest BCUT2D eigenvalue weighted by Crippen LogP contribution is -2.37. The van der Waals surface area contributed by atoms with Crippen LogP contribution in [-0.2, 0) is 4.74 Å². The van der Waals surface area contributed by atoms with E-state index in [-0.39, 0.29) is 12.0 Å². The molecule has 1 aliphatic rings. The quantitative estimate of drug-likeness (QED) is 0.442. The van der Waals surface area contributed by atoms with Crippen LogP contribution in [0.1, 0.15) is 23.2 Å². The first-order valence-corrected chi connectivity index (χ1v) is 10.8. The molecule has 1 aliphatic heterocycles. The van der Waals surface area contributed by atoms with Crippen molar-refractivity contribution < 1.29 is 9.53 Å². The minimum absolute atomic E-state index is 0.00419. The van der Waals surface area contributed by atoms with Crippen molar-refractivity contribution in [3.63, 3.8) is 0 Å². The van der Waals surface area contributed by atoms with Crippen molar-refractivity contribution in [2.75, 3.05) is 18.1 Å². The van der Waals surface area contributed by atoms with Crippen molar-refractivity contribution in [2.45, 2.75) is 18.9 Å². The molecule has 1 fully saturated rings. The summed E-state index contributed by atoms with van der Waals surface area (Å²) in [6, 6.07) is 10.8. The van der Waals surface area contributed by atoms with Gasteiger partial charge in [0.1, 0.15) is 0 Å². The zero-order valence-corrected chi connectivity index (χ0v) is 18.0. The van der Waals surface area contributed by atoms with E-state index in [0.717, 1.165) is 34.1 Å². The molecule has 27 heavy (non-hydrogen) atoms. The van der Waals surface area contributed by atoms with E-state index in [1.165, 1.54) is 11.3 Å². The number of hydrogen-bond donors (Lipinski definition) is 0. The Morgan fingerprint density at radius 2 is 2.15 bits per heavy atom. The molecule has 1 atom stereocenters. The molecule has 2 aromatic carbocycles. The standard InChI is InChI=1S/C19H15BrCl2N2O2S/c20-11-3-5-15(22)14(8-11)18(25)24(10-13-2-1-7-26-13)19-23-16-6-4-12(21)9-17(16)27-19/h3-6,8-9,13H,1-2,7,10H2. The maximum Gasteiger partial charge on any atom is 0.261 e. The second-order valence-corrected chi connectivity index (χ2v) is 9.05. The van der Waals surface area contributed by atoms with E-state index in [9.17, 15) is 4.79 Å². The van der Waals surface area contributed by atoms with Crippen molar-refractivity contribution >= 4 is 71.7 Å². The minimum atomic E-state index is -0.193. The molecule has 0 aliphatic carbocycles. The first kappa shape index (κ1) is 19.2. The molecule has 0 bridgehead atoms. The smallest absolute Gasteiger partial charge is 0.261 e. The molecular weight excluding hydrogens is 471 g/mol. The normalized spacial score (nSPS) is 16.8. The van der Waals surface area contributed by atoms with Gasteiger partial charge in [-0.3, -0.25) is 9.69 Å². The zero-order chi connectivity index (χ0) is 19.0. The van der Waals surface area contributed by atoms with Crippen LogP contribution in [0.15, 0.2) is 40.9 Å². The number of aromatic nitrogens is 1. The number of fused-ring (bicyclic) bond motifs is 1. The van der Waals surface area contributed by atoms with Crippen LogP contribution in [0.3, 0.4) is 0 Å². The lowest BCUT2D eigenvalue weighted by atomic mass is 10.1. The first-order valence-electron chi connectivity index (χ1n) is 8.46.